The molecule has 0 bridgehead atoms. The second kappa shape index (κ2) is 11.2. The van der Waals surface area contributed by atoms with Gasteiger partial charge in [-0.3, -0.25) is 9.98 Å². The van der Waals surface area contributed by atoms with Crippen LogP contribution in [0.1, 0.15) is 16.8 Å². The van der Waals surface area contributed by atoms with E-state index >= 15 is 0 Å². The van der Waals surface area contributed by atoms with Gasteiger partial charge in [0.05, 0.1) is 12.2 Å². The van der Waals surface area contributed by atoms with Gasteiger partial charge in [-0.1, -0.05) is 30.3 Å². The summed E-state index contributed by atoms with van der Waals surface area (Å²) < 4.78 is 13.5. The predicted molar refractivity (Wildman–Crippen MR) is 128 cm³/mol. The zero-order valence-corrected chi connectivity index (χ0v) is 19.1. The topological polar surface area (TPSA) is 49.3 Å². The second-order valence-corrected chi connectivity index (χ2v) is 6.97. The Morgan fingerprint density at radius 2 is 1.86 bits per heavy atom. The molecule has 4 nitrogen and oxygen atoms in total. The largest absolute Gasteiger partial charge is 0.352 e. The fourth-order valence-corrected chi connectivity index (χ4v) is 3.53. The second-order valence-electron chi connectivity index (χ2n) is 6.10. The van der Waals surface area contributed by atoms with Gasteiger partial charge < -0.3 is 10.6 Å². The summed E-state index contributed by atoms with van der Waals surface area (Å²) in [6, 6.07) is 15.1. The maximum absolute atomic E-state index is 13.5. The molecule has 0 aliphatic carbocycles. The molecule has 0 amide bonds. The normalized spacial score (nSPS) is 11.2. The monoisotopic (exact) mass is 510 g/mol. The van der Waals surface area contributed by atoms with Crippen LogP contribution in [-0.4, -0.2) is 24.2 Å². The molecule has 0 radical (unpaired) electrons. The number of aromatic nitrogens is 1. The molecule has 1 heterocycles. The number of halogens is 2. The molecular weight excluding hydrogens is 486 g/mol. The van der Waals surface area contributed by atoms with Crippen molar-refractivity contribution in [1.82, 2.24) is 15.6 Å². The molecule has 0 saturated heterocycles. The van der Waals surface area contributed by atoms with Gasteiger partial charge in [0.25, 0.3) is 0 Å². The molecule has 3 aromatic rings. The lowest BCUT2D eigenvalue weighted by Gasteiger charge is -2.14. The Morgan fingerprint density at radius 3 is 2.64 bits per heavy atom. The van der Waals surface area contributed by atoms with Gasteiger partial charge in [0, 0.05) is 30.9 Å². The standard InChI is InChI=1S/C21H23FN4S.HI/c1-23-21(25-12-16-7-8-18(22)11-17(16)14-27-2)26-13-20-19-6-4-3-5-15(19)9-10-24-20;/h3-11H,12-14H2,1-2H3,(H2,23,25,26);1H. The molecule has 0 saturated carbocycles. The molecule has 28 heavy (non-hydrogen) atoms. The van der Waals surface area contributed by atoms with Crippen molar-refractivity contribution in [3.8, 4) is 0 Å². The summed E-state index contributed by atoms with van der Waals surface area (Å²) in [5, 5.41) is 8.91. The van der Waals surface area contributed by atoms with Crippen molar-refractivity contribution in [1.29, 1.82) is 0 Å². The minimum absolute atomic E-state index is 0. The first-order chi connectivity index (χ1) is 13.2. The maximum Gasteiger partial charge on any atom is 0.191 e. The van der Waals surface area contributed by atoms with Crippen LogP contribution in [0, 0.1) is 5.82 Å². The Hall–Kier alpha value is -1.87. The van der Waals surface area contributed by atoms with Crippen molar-refractivity contribution in [3.63, 3.8) is 0 Å². The van der Waals surface area contributed by atoms with E-state index in [1.54, 1.807) is 24.9 Å². The van der Waals surface area contributed by atoms with Gasteiger partial charge >= 0.3 is 0 Å². The molecule has 2 N–H and O–H groups in total. The van der Waals surface area contributed by atoms with Gasteiger partial charge in [0.2, 0.25) is 0 Å². The van der Waals surface area contributed by atoms with E-state index in [2.05, 4.69) is 32.7 Å². The molecule has 0 unspecified atom stereocenters. The summed E-state index contributed by atoms with van der Waals surface area (Å²) in [7, 11) is 1.74. The molecule has 0 spiro atoms. The number of nitrogens with one attached hydrogen (secondary N) is 2. The Kier molecular flexibility index (Phi) is 8.98. The van der Waals surface area contributed by atoms with E-state index in [1.807, 2.05) is 36.7 Å². The Labute approximate surface area is 186 Å². The third kappa shape index (κ3) is 5.81. The Morgan fingerprint density at radius 1 is 1.07 bits per heavy atom. The van der Waals surface area contributed by atoms with Crippen molar-refractivity contribution >= 4 is 52.5 Å². The summed E-state index contributed by atoms with van der Waals surface area (Å²) in [6.07, 6.45) is 3.84. The minimum atomic E-state index is -0.202. The lowest BCUT2D eigenvalue weighted by Crippen LogP contribution is -2.36. The zero-order chi connectivity index (χ0) is 19.1. The lowest BCUT2D eigenvalue weighted by molar-refractivity contribution is 0.625. The number of aliphatic imine (C=N–C) groups is 1. The van der Waals surface area contributed by atoms with Crippen LogP contribution in [0.4, 0.5) is 4.39 Å². The van der Waals surface area contributed by atoms with E-state index in [0.717, 1.165) is 28.0 Å². The van der Waals surface area contributed by atoms with Gasteiger partial charge in [-0.2, -0.15) is 11.8 Å². The average Bonchev–Trinajstić information content (AvgIpc) is 2.69. The van der Waals surface area contributed by atoms with Gasteiger partial charge in [-0.05, 0) is 41.0 Å². The third-order valence-electron chi connectivity index (χ3n) is 4.32. The number of hydrogen-bond donors (Lipinski definition) is 2. The van der Waals surface area contributed by atoms with Crippen molar-refractivity contribution in [3.05, 3.63) is 77.4 Å². The van der Waals surface area contributed by atoms with Crippen molar-refractivity contribution in [2.24, 2.45) is 4.99 Å². The van der Waals surface area contributed by atoms with E-state index in [-0.39, 0.29) is 29.8 Å². The van der Waals surface area contributed by atoms with Gasteiger partial charge in [0.1, 0.15) is 5.82 Å². The van der Waals surface area contributed by atoms with E-state index in [9.17, 15) is 4.39 Å². The number of thioether (sulfide) groups is 1. The highest BCUT2D eigenvalue weighted by molar-refractivity contribution is 14.0. The minimum Gasteiger partial charge on any atom is -0.352 e. The lowest BCUT2D eigenvalue weighted by atomic mass is 10.1. The summed E-state index contributed by atoms with van der Waals surface area (Å²) in [5.74, 6) is 1.26. The molecule has 1 aromatic heterocycles. The Bertz CT molecular complexity index is 943. The SMILES string of the molecule is CN=C(NCc1ccc(F)cc1CSC)NCc1nccc2ccccc12.I. The highest BCUT2D eigenvalue weighted by Gasteiger charge is 2.07. The van der Waals surface area contributed by atoms with Crippen LogP contribution >= 0.6 is 35.7 Å². The van der Waals surface area contributed by atoms with Crippen molar-refractivity contribution < 1.29 is 4.39 Å². The molecule has 0 atom stereocenters. The van der Waals surface area contributed by atoms with Gasteiger partial charge in [-0.15, -0.1) is 24.0 Å². The van der Waals surface area contributed by atoms with Crippen LogP contribution in [0.25, 0.3) is 10.8 Å². The van der Waals surface area contributed by atoms with Crippen LogP contribution in [0.15, 0.2) is 59.7 Å². The van der Waals surface area contributed by atoms with Crippen molar-refractivity contribution in [2.45, 2.75) is 18.8 Å². The summed E-state index contributed by atoms with van der Waals surface area (Å²) in [6.45, 7) is 1.15. The first-order valence-corrected chi connectivity index (χ1v) is 10.1. The molecule has 0 aliphatic rings. The molecule has 2 aromatic carbocycles. The number of pyridine rings is 1. The third-order valence-corrected chi connectivity index (χ3v) is 4.92. The highest BCUT2D eigenvalue weighted by Crippen LogP contribution is 2.17. The van der Waals surface area contributed by atoms with Gasteiger partial charge in [-0.25, -0.2) is 4.39 Å². The van der Waals surface area contributed by atoms with E-state index in [1.165, 1.54) is 11.5 Å². The van der Waals surface area contributed by atoms with E-state index in [4.69, 9.17) is 0 Å². The van der Waals surface area contributed by atoms with Crippen molar-refractivity contribution in [2.75, 3.05) is 13.3 Å². The van der Waals surface area contributed by atoms with Crippen LogP contribution < -0.4 is 10.6 Å². The maximum atomic E-state index is 13.5. The van der Waals surface area contributed by atoms with Crippen LogP contribution in [0.5, 0.6) is 0 Å². The number of rotatable bonds is 6. The zero-order valence-electron chi connectivity index (χ0n) is 15.9. The first kappa shape index (κ1) is 22.4. The number of hydrogen-bond acceptors (Lipinski definition) is 3. The molecule has 3 rings (SSSR count). The summed E-state index contributed by atoms with van der Waals surface area (Å²) >= 11 is 1.68. The molecule has 0 fully saturated rings. The smallest absolute Gasteiger partial charge is 0.191 e. The first-order valence-electron chi connectivity index (χ1n) is 8.74. The predicted octanol–water partition coefficient (Wildman–Crippen LogP) is 4.72. The molecule has 0 aliphatic heterocycles. The van der Waals surface area contributed by atoms with Gasteiger partial charge in [0.15, 0.2) is 5.96 Å². The molecule has 148 valence electrons. The number of benzene rings is 2. The quantitative estimate of drug-likeness (QED) is 0.286. The summed E-state index contributed by atoms with van der Waals surface area (Å²) in [4.78, 5) is 8.77. The van der Waals surface area contributed by atoms with Crippen LogP contribution in [0.3, 0.4) is 0 Å². The van der Waals surface area contributed by atoms with E-state index in [0.29, 0.717) is 19.0 Å². The molecule has 7 heteroatoms. The fourth-order valence-electron chi connectivity index (χ4n) is 2.95. The van der Waals surface area contributed by atoms with E-state index < -0.39 is 0 Å². The van der Waals surface area contributed by atoms with Crippen LogP contribution in [-0.2, 0) is 18.8 Å². The number of guanidine groups is 1. The van der Waals surface area contributed by atoms with Crippen LogP contribution in [0.2, 0.25) is 0 Å². The fraction of sp³-hybridized carbons (Fsp3) is 0.238. The Balaban J connectivity index is 0.00000280. The average molecular weight is 510 g/mol. The summed E-state index contributed by atoms with van der Waals surface area (Å²) in [5.41, 5.74) is 3.04. The number of fused-ring (bicyclic) bond motifs is 1. The molecular formula is C21H24FIN4S. The highest BCUT2D eigenvalue weighted by atomic mass is 127. The number of nitrogens with zero attached hydrogens (tertiary/aromatic N) is 2.